The van der Waals surface area contributed by atoms with Gasteiger partial charge in [-0.05, 0) is 25.1 Å². The predicted molar refractivity (Wildman–Crippen MR) is 72.1 cm³/mol. The van der Waals surface area contributed by atoms with E-state index in [1.807, 2.05) is 0 Å². The number of nitrogen functional groups attached to an aromatic ring is 1. The fourth-order valence-corrected chi connectivity index (χ4v) is 1.50. The number of hydrogen-bond donors (Lipinski definition) is 2. The highest BCUT2D eigenvalue weighted by molar-refractivity contribution is 5.91. The average molecular weight is 288 g/mol. The first-order valence-corrected chi connectivity index (χ1v) is 6.21. The first kappa shape index (κ1) is 16.2. The molecule has 0 atom stereocenters. The zero-order valence-electron chi connectivity index (χ0n) is 11.2. The molecule has 0 fully saturated rings. The molecule has 112 valence electrons. The molecule has 0 spiro atoms. The molecule has 1 rings (SSSR count). The van der Waals surface area contributed by atoms with E-state index in [9.17, 15) is 13.6 Å². The van der Waals surface area contributed by atoms with Crippen molar-refractivity contribution in [3.05, 3.63) is 23.8 Å². The Kier molecular flexibility index (Phi) is 6.72. The molecule has 0 aromatic heterocycles. The Morgan fingerprint density at radius 2 is 2.20 bits per heavy atom. The van der Waals surface area contributed by atoms with Gasteiger partial charge in [-0.25, -0.2) is 13.6 Å². The summed E-state index contributed by atoms with van der Waals surface area (Å²) in [5.74, 6) is -0.439. The van der Waals surface area contributed by atoms with Crippen molar-refractivity contribution in [1.82, 2.24) is 0 Å². The molecule has 0 heterocycles. The summed E-state index contributed by atoms with van der Waals surface area (Å²) >= 11 is 0. The zero-order valence-corrected chi connectivity index (χ0v) is 11.2. The van der Waals surface area contributed by atoms with Crippen LogP contribution in [0.25, 0.3) is 0 Å². The number of hydrogen-bond acceptors (Lipinski definition) is 5. The summed E-state index contributed by atoms with van der Waals surface area (Å²) in [5, 5.41) is 2.94. The molecule has 1 aromatic rings. The molecule has 5 nitrogen and oxygen atoms in total. The highest BCUT2D eigenvalue weighted by Gasteiger charge is 2.08. The standard InChI is InChI=1S/C13H18F2N2O3/c1-2-20-13(18)9-3-4-11(10(16)7-9)17-5-6-19-8-12(14)15/h3-4,7,12,17H,2,5-6,8,16H2,1H3. The summed E-state index contributed by atoms with van der Waals surface area (Å²) in [5.41, 5.74) is 7.14. The second kappa shape index (κ2) is 8.31. The summed E-state index contributed by atoms with van der Waals surface area (Å²) in [6.45, 7) is 1.91. The molecule has 7 heteroatoms. The molecule has 0 bridgehead atoms. The maximum Gasteiger partial charge on any atom is 0.338 e. The summed E-state index contributed by atoms with van der Waals surface area (Å²) in [6.07, 6.45) is -2.47. The monoisotopic (exact) mass is 288 g/mol. The fraction of sp³-hybridized carbons (Fsp3) is 0.462. The van der Waals surface area contributed by atoms with Gasteiger partial charge < -0.3 is 20.5 Å². The molecule has 0 aliphatic carbocycles. The Morgan fingerprint density at radius 1 is 1.45 bits per heavy atom. The van der Waals surface area contributed by atoms with Crippen LogP contribution in [0.4, 0.5) is 20.2 Å². The number of alkyl halides is 2. The number of rotatable bonds is 8. The van der Waals surface area contributed by atoms with Crippen molar-refractivity contribution in [2.45, 2.75) is 13.3 Å². The van der Waals surface area contributed by atoms with E-state index in [1.54, 1.807) is 19.1 Å². The molecule has 0 unspecified atom stereocenters. The molecular formula is C13H18F2N2O3. The smallest absolute Gasteiger partial charge is 0.338 e. The molecule has 20 heavy (non-hydrogen) atoms. The van der Waals surface area contributed by atoms with Gasteiger partial charge in [0.2, 0.25) is 0 Å². The van der Waals surface area contributed by atoms with Crippen LogP contribution in [0.1, 0.15) is 17.3 Å². The number of halogens is 2. The van der Waals surface area contributed by atoms with Crippen LogP contribution >= 0.6 is 0 Å². The van der Waals surface area contributed by atoms with E-state index < -0.39 is 19.0 Å². The van der Waals surface area contributed by atoms with Crippen LogP contribution < -0.4 is 11.1 Å². The number of carbonyl (C=O) groups excluding carboxylic acids is 1. The van der Waals surface area contributed by atoms with Crippen molar-refractivity contribution in [2.24, 2.45) is 0 Å². The van der Waals surface area contributed by atoms with E-state index in [2.05, 4.69) is 5.32 Å². The van der Waals surface area contributed by atoms with E-state index in [4.69, 9.17) is 15.2 Å². The van der Waals surface area contributed by atoms with Gasteiger partial charge >= 0.3 is 5.97 Å². The second-order valence-corrected chi connectivity index (χ2v) is 3.92. The van der Waals surface area contributed by atoms with Crippen LogP contribution in [0, 0.1) is 0 Å². The van der Waals surface area contributed by atoms with Gasteiger partial charge in [-0.2, -0.15) is 0 Å². The second-order valence-electron chi connectivity index (χ2n) is 3.92. The van der Waals surface area contributed by atoms with Gasteiger partial charge in [0.1, 0.15) is 6.61 Å². The van der Waals surface area contributed by atoms with Crippen molar-refractivity contribution in [3.63, 3.8) is 0 Å². The number of nitrogens with one attached hydrogen (secondary N) is 1. The van der Waals surface area contributed by atoms with Gasteiger partial charge in [0, 0.05) is 6.54 Å². The number of benzene rings is 1. The van der Waals surface area contributed by atoms with E-state index in [0.29, 0.717) is 30.1 Å². The number of ether oxygens (including phenoxy) is 2. The third-order valence-electron chi connectivity index (χ3n) is 2.37. The molecule has 0 amide bonds. The summed E-state index contributed by atoms with van der Waals surface area (Å²) < 4.78 is 33.2. The number of carbonyl (C=O) groups is 1. The van der Waals surface area contributed by atoms with Crippen molar-refractivity contribution in [3.8, 4) is 0 Å². The molecule has 0 saturated carbocycles. The van der Waals surface area contributed by atoms with Crippen molar-refractivity contribution in [1.29, 1.82) is 0 Å². The average Bonchev–Trinajstić information content (AvgIpc) is 2.39. The highest BCUT2D eigenvalue weighted by Crippen LogP contribution is 2.20. The van der Waals surface area contributed by atoms with Crippen LogP contribution in [0.3, 0.4) is 0 Å². The molecular weight excluding hydrogens is 270 g/mol. The van der Waals surface area contributed by atoms with E-state index in [-0.39, 0.29) is 6.61 Å². The quantitative estimate of drug-likeness (QED) is 0.435. The normalized spacial score (nSPS) is 10.6. The minimum Gasteiger partial charge on any atom is -0.462 e. The Bertz CT molecular complexity index is 442. The minimum atomic E-state index is -2.47. The van der Waals surface area contributed by atoms with E-state index in [1.165, 1.54) is 6.07 Å². The lowest BCUT2D eigenvalue weighted by Gasteiger charge is -2.11. The van der Waals surface area contributed by atoms with Crippen molar-refractivity contribution >= 4 is 17.3 Å². The predicted octanol–water partition coefficient (Wildman–Crippen LogP) is 2.14. The lowest BCUT2D eigenvalue weighted by atomic mass is 10.1. The van der Waals surface area contributed by atoms with Crippen LogP contribution in [-0.4, -0.2) is 38.8 Å². The van der Waals surface area contributed by atoms with Crippen LogP contribution in [-0.2, 0) is 9.47 Å². The largest absolute Gasteiger partial charge is 0.462 e. The highest BCUT2D eigenvalue weighted by atomic mass is 19.3. The Balaban J connectivity index is 2.45. The molecule has 3 N–H and O–H groups in total. The van der Waals surface area contributed by atoms with Crippen molar-refractivity contribution in [2.75, 3.05) is 37.4 Å². The Hall–Kier alpha value is -1.89. The lowest BCUT2D eigenvalue weighted by Crippen LogP contribution is -2.14. The molecule has 0 saturated heterocycles. The van der Waals surface area contributed by atoms with Gasteiger partial charge in [-0.15, -0.1) is 0 Å². The van der Waals surface area contributed by atoms with Crippen LogP contribution in [0.5, 0.6) is 0 Å². The first-order valence-electron chi connectivity index (χ1n) is 6.21. The zero-order chi connectivity index (χ0) is 15.0. The van der Waals surface area contributed by atoms with Gasteiger partial charge in [-0.3, -0.25) is 0 Å². The van der Waals surface area contributed by atoms with Gasteiger partial charge in [-0.1, -0.05) is 0 Å². The fourth-order valence-electron chi connectivity index (χ4n) is 1.50. The number of nitrogens with two attached hydrogens (primary N) is 1. The Morgan fingerprint density at radius 3 is 2.80 bits per heavy atom. The topological polar surface area (TPSA) is 73.6 Å². The molecule has 0 aliphatic rings. The van der Waals surface area contributed by atoms with Gasteiger partial charge in [0.15, 0.2) is 0 Å². The van der Waals surface area contributed by atoms with Crippen LogP contribution in [0.2, 0.25) is 0 Å². The third-order valence-corrected chi connectivity index (χ3v) is 2.37. The van der Waals surface area contributed by atoms with Gasteiger partial charge in [0.25, 0.3) is 6.43 Å². The lowest BCUT2D eigenvalue weighted by molar-refractivity contribution is 0.0215. The maximum atomic E-state index is 11.8. The van der Waals surface area contributed by atoms with E-state index in [0.717, 1.165) is 0 Å². The first-order chi connectivity index (χ1) is 9.54. The third kappa shape index (κ3) is 5.40. The number of esters is 1. The Labute approximate surface area is 116 Å². The summed E-state index contributed by atoms with van der Waals surface area (Å²) in [4.78, 5) is 11.5. The minimum absolute atomic E-state index is 0.142. The molecule has 0 aliphatic heterocycles. The van der Waals surface area contributed by atoms with Crippen LogP contribution in [0.15, 0.2) is 18.2 Å². The molecule has 0 radical (unpaired) electrons. The maximum absolute atomic E-state index is 11.8. The summed E-state index contributed by atoms with van der Waals surface area (Å²) in [6, 6.07) is 4.71. The molecule has 1 aromatic carbocycles. The number of anilines is 2. The van der Waals surface area contributed by atoms with Crippen molar-refractivity contribution < 1.29 is 23.0 Å². The summed E-state index contributed by atoms with van der Waals surface area (Å²) in [7, 11) is 0. The van der Waals surface area contributed by atoms with Gasteiger partial charge in [0.05, 0.1) is 30.2 Å². The van der Waals surface area contributed by atoms with E-state index >= 15 is 0 Å². The SMILES string of the molecule is CCOC(=O)c1ccc(NCCOCC(F)F)c(N)c1.